The molecule has 0 saturated heterocycles. The van der Waals surface area contributed by atoms with Gasteiger partial charge in [-0.3, -0.25) is 0 Å². The second kappa shape index (κ2) is 10.1. The molecule has 0 aliphatic carbocycles. The Hall–Kier alpha value is -2.41. The highest BCUT2D eigenvalue weighted by molar-refractivity contribution is 7.80. The largest absolute Gasteiger partial charge is 0.506 e. The van der Waals surface area contributed by atoms with E-state index >= 15 is 0 Å². The number of hydrogen-bond donors (Lipinski definition) is 2. The molecule has 0 spiro atoms. The van der Waals surface area contributed by atoms with Gasteiger partial charge in [-0.2, -0.15) is 0 Å². The quantitative estimate of drug-likeness (QED) is 0.225. The van der Waals surface area contributed by atoms with Crippen molar-refractivity contribution in [2.45, 2.75) is 6.92 Å². The van der Waals surface area contributed by atoms with E-state index in [1.54, 1.807) is 55.5 Å². The summed E-state index contributed by atoms with van der Waals surface area (Å²) in [4.78, 5) is 16.2. The molecule has 0 atom stereocenters. The van der Waals surface area contributed by atoms with Crippen molar-refractivity contribution >= 4 is 64.2 Å². The number of rotatable bonds is 5. The van der Waals surface area contributed by atoms with E-state index in [4.69, 9.17) is 40.2 Å². The van der Waals surface area contributed by atoms with Crippen molar-refractivity contribution in [1.29, 1.82) is 0 Å². The van der Waals surface area contributed by atoms with Crippen molar-refractivity contribution < 1.29 is 14.6 Å². The molecule has 0 amide bonds. The predicted octanol–water partition coefficient (Wildman–Crippen LogP) is 5.29. The standard InChI is InChI=1S/C19H16Cl2N2O3S/c1-2-26-18(25)14(17(24)12-6-4-3-5-7-12)11-22-19(27)23-13-8-9-15(20)16(21)10-13/h3-11,24H,2H2,1H3,(H,23,27). The molecule has 2 aromatic rings. The van der Waals surface area contributed by atoms with Gasteiger partial charge < -0.3 is 15.2 Å². The first-order valence-electron chi connectivity index (χ1n) is 7.88. The third-order valence-electron chi connectivity index (χ3n) is 3.28. The summed E-state index contributed by atoms with van der Waals surface area (Å²) >= 11 is 17.0. The fourth-order valence-electron chi connectivity index (χ4n) is 2.02. The van der Waals surface area contributed by atoms with Crippen LogP contribution in [-0.2, 0) is 9.53 Å². The van der Waals surface area contributed by atoms with Crippen LogP contribution in [0, 0.1) is 0 Å². The number of aliphatic hydroxyl groups is 1. The molecule has 0 aliphatic heterocycles. The average Bonchev–Trinajstić information content (AvgIpc) is 2.65. The molecule has 0 aliphatic rings. The van der Waals surface area contributed by atoms with Gasteiger partial charge in [0.1, 0.15) is 11.3 Å². The molecule has 0 heterocycles. The van der Waals surface area contributed by atoms with Gasteiger partial charge >= 0.3 is 5.97 Å². The molecular weight excluding hydrogens is 407 g/mol. The summed E-state index contributed by atoms with van der Waals surface area (Å²) in [7, 11) is 0. The number of nitrogens with zero attached hydrogens (tertiary/aromatic N) is 1. The van der Waals surface area contributed by atoms with Gasteiger partial charge in [0.05, 0.1) is 16.7 Å². The minimum atomic E-state index is -0.708. The second-order valence-corrected chi connectivity index (χ2v) is 6.37. The summed E-state index contributed by atoms with van der Waals surface area (Å²) in [5.41, 5.74) is 0.928. The van der Waals surface area contributed by atoms with E-state index in [-0.39, 0.29) is 23.1 Å². The highest BCUT2D eigenvalue weighted by atomic mass is 35.5. The minimum Gasteiger partial charge on any atom is -0.506 e. The molecule has 2 N–H and O–H groups in total. The first-order chi connectivity index (χ1) is 12.9. The van der Waals surface area contributed by atoms with Crippen LogP contribution in [0.3, 0.4) is 0 Å². The SMILES string of the molecule is CCOC(=O)C(C=NC(=S)Nc1ccc(Cl)c(Cl)c1)=C(O)c1ccccc1. The number of ether oxygens (including phenoxy) is 1. The van der Waals surface area contributed by atoms with Crippen LogP contribution in [0.4, 0.5) is 5.69 Å². The normalized spacial score (nSPS) is 11.8. The lowest BCUT2D eigenvalue weighted by atomic mass is 10.1. The Morgan fingerprint density at radius 1 is 1.22 bits per heavy atom. The predicted molar refractivity (Wildman–Crippen MR) is 114 cm³/mol. The second-order valence-electron chi connectivity index (χ2n) is 5.17. The van der Waals surface area contributed by atoms with Gasteiger partial charge in [-0.25, -0.2) is 9.79 Å². The third-order valence-corrected chi connectivity index (χ3v) is 4.23. The summed E-state index contributed by atoms with van der Waals surface area (Å²) in [5.74, 6) is -0.963. The topological polar surface area (TPSA) is 70.9 Å². The molecule has 5 nitrogen and oxygen atoms in total. The van der Waals surface area contributed by atoms with E-state index in [1.165, 1.54) is 0 Å². The van der Waals surface area contributed by atoms with Crippen LogP contribution < -0.4 is 5.32 Å². The van der Waals surface area contributed by atoms with Crippen LogP contribution in [-0.4, -0.2) is 29.0 Å². The summed E-state index contributed by atoms with van der Waals surface area (Å²) in [6.45, 7) is 1.83. The Morgan fingerprint density at radius 2 is 1.93 bits per heavy atom. The first-order valence-corrected chi connectivity index (χ1v) is 9.04. The van der Waals surface area contributed by atoms with Gasteiger partial charge in [-0.15, -0.1) is 0 Å². The van der Waals surface area contributed by atoms with Gasteiger partial charge in [-0.1, -0.05) is 53.5 Å². The Balaban J connectivity index is 2.25. The van der Waals surface area contributed by atoms with E-state index in [0.717, 1.165) is 6.21 Å². The summed E-state index contributed by atoms with van der Waals surface area (Å²) in [6.07, 6.45) is 1.16. The summed E-state index contributed by atoms with van der Waals surface area (Å²) in [5, 5.41) is 14.1. The molecule has 0 saturated carbocycles. The number of carbonyl (C=O) groups excluding carboxylic acids is 1. The van der Waals surface area contributed by atoms with E-state index in [2.05, 4.69) is 10.3 Å². The first kappa shape index (κ1) is 20.9. The maximum Gasteiger partial charge on any atom is 0.343 e. The number of halogens is 2. The maximum atomic E-state index is 12.2. The third kappa shape index (κ3) is 6.06. The van der Waals surface area contributed by atoms with Crippen LogP contribution in [0.15, 0.2) is 59.1 Å². The minimum absolute atomic E-state index is 0.0658. The Kier molecular flexibility index (Phi) is 7.79. The molecule has 2 rings (SSSR count). The number of aliphatic imine (C=N–C) groups is 1. The lowest BCUT2D eigenvalue weighted by Crippen LogP contribution is -2.13. The lowest BCUT2D eigenvalue weighted by molar-refractivity contribution is -0.137. The smallest absolute Gasteiger partial charge is 0.343 e. The number of carbonyl (C=O) groups is 1. The zero-order valence-corrected chi connectivity index (χ0v) is 16.6. The van der Waals surface area contributed by atoms with E-state index < -0.39 is 5.97 Å². The lowest BCUT2D eigenvalue weighted by Gasteiger charge is -2.08. The Morgan fingerprint density at radius 3 is 2.56 bits per heavy atom. The number of anilines is 1. The van der Waals surface area contributed by atoms with Crippen LogP contribution in [0.2, 0.25) is 10.0 Å². The van der Waals surface area contributed by atoms with Crippen molar-refractivity contribution in [2.75, 3.05) is 11.9 Å². The molecule has 0 fully saturated rings. The van der Waals surface area contributed by atoms with Crippen molar-refractivity contribution in [3.05, 3.63) is 69.7 Å². The average molecular weight is 423 g/mol. The molecule has 8 heteroatoms. The van der Waals surface area contributed by atoms with Gasteiger partial charge in [0.15, 0.2) is 5.11 Å². The molecule has 0 unspecified atom stereocenters. The molecule has 140 valence electrons. The fourth-order valence-corrected chi connectivity index (χ4v) is 2.49. The van der Waals surface area contributed by atoms with E-state index in [0.29, 0.717) is 21.3 Å². The molecular formula is C19H16Cl2N2O3S. The molecule has 27 heavy (non-hydrogen) atoms. The van der Waals surface area contributed by atoms with Crippen LogP contribution in [0.5, 0.6) is 0 Å². The number of esters is 1. The van der Waals surface area contributed by atoms with Crippen LogP contribution in [0.25, 0.3) is 5.76 Å². The zero-order valence-electron chi connectivity index (χ0n) is 14.3. The Labute approximate surface area is 172 Å². The molecule has 0 bridgehead atoms. The number of aliphatic hydroxyl groups excluding tert-OH is 1. The number of nitrogens with one attached hydrogen (secondary N) is 1. The van der Waals surface area contributed by atoms with Crippen molar-refractivity contribution in [3.63, 3.8) is 0 Å². The van der Waals surface area contributed by atoms with Gasteiger partial charge in [-0.05, 0) is 37.3 Å². The maximum absolute atomic E-state index is 12.2. The number of hydrogen-bond acceptors (Lipinski definition) is 4. The van der Waals surface area contributed by atoms with Crippen molar-refractivity contribution in [1.82, 2.24) is 0 Å². The van der Waals surface area contributed by atoms with Gasteiger partial charge in [0.25, 0.3) is 0 Å². The molecule has 0 aromatic heterocycles. The van der Waals surface area contributed by atoms with E-state index in [9.17, 15) is 9.90 Å². The van der Waals surface area contributed by atoms with Crippen molar-refractivity contribution in [2.24, 2.45) is 4.99 Å². The van der Waals surface area contributed by atoms with E-state index in [1.807, 2.05) is 0 Å². The molecule has 0 radical (unpaired) electrons. The number of thiocarbonyl (C=S) groups is 1. The Bertz CT molecular complexity index is 899. The van der Waals surface area contributed by atoms with Crippen LogP contribution in [0.1, 0.15) is 12.5 Å². The molecule has 2 aromatic carbocycles. The highest BCUT2D eigenvalue weighted by Gasteiger charge is 2.16. The number of benzene rings is 2. The van der Waals surface area contributed by atoms with Crippen LogP contribution >= 0.6 is 35.4 Å². The summed E-state index contributed by atoms with van der Waals surface area (Å²) in [6, 6.07) is 13.5. The monoisotopic (exact) mass is 422 g/mol. The highest BCUT2D eigenvalue weighted by Crippen LogP contribution is 2.25. The summed E-state index contributed by atoms with van der Waals surface area (Å²) < 4.78 is 4.98. The van der Waals surface area contributed by atoms with Crippen molar-refractivity contribution in [3.8, 4) is 0 Å². The zero-order chi connectivity index (χ0) is 19.8. The fraction of sp³-hybridized carbons (Fsp3) is 0.105. The van der Waals surface area contributed by atoms with Gasteiger partial charge in [0, 0.05) is 17.5 Å². The van der Waals surface area contributed by atoms with Gasteiger partial charge in [0.2, 0.25) is 0 Å².